The summed E-state index contributed by atoms with van der Waals surface area (Å²) in [6.45, 7) is 1.37. The van der Waals surface area contributed by atoms with Crippen molar-refractivity contribution in [3.05, 3.63) is 0 Å². The highest BCUT2D eigenvalue weighted by molar-refractivity contribution is 7.87. The minimum atomic E-state index is -3.43. The van der Waals surface area contributed by atoms with E-state index in [2.05, 4.69) is 4.72 Å². The lowest BCUT2D eigenvalue weighted by molar-refractivity contribution is 0.0299. The molecule has 0 amide bonds. The molecular formula is C14H28N2O3S. The number of aliphatic hydroxyl groups is 1. The SMILES string of the molecule is O=S(=O)(NCC1(O)CCCCCC1)N1CCCCCC1. The average molecular weight is 304 g/mol. The van der Waals surface area contributed by atoms with Crippen LogP contribution in [0.25, 0.3) is 0 Å². The van der Waals surface area contributed by atoms with E-state index >= 15 is 0 Å². The normalized spacial score (nSPS) is 25.9. The lowest BCUT2D eigenvalue weighted by atomic mass is 9.95. The second-order valence-electron chi connectivity index (χ2n) is 6.28. The monoisotopic (exact) mass is 304 g/mol. The topological polar surface area (TPSA) is 69.6 Å². The molecule has 118 valence electrons. The summed E-state index contributed by atoms with van der Waals surface area (Å²) in [4.78, 5) is 0. The first-order valence-electron chi connectivity index (χ1n) is 7.99. The summed E-state index contributed by atoms with van der Waals surface area (Å²) in [6, 6.07) is 0. The zero-order valence-corrected chi connectivity index (χ0v) is 13.1. The molecule has 0 atom stereocenters. The number of nitrogens with zero attached hydrogens (tertiary/aromatic N) is 1. The summed E-state index contributed by atoms with van der Waals surface area (Å²) in [6.07, 6.45) is 9.75. The molecule has 0 aromatic heterocycles. The van der Waals surface area contributed by atoms with Crippen LogP contribution in [-0.2, 0) is 10.2 Å². The molecule has 20 heavy (non-hydrogen) atoms. The number of nitrogens with one attached hydrogen (secondary N) is 1. The molecule has 5 nitrogen and oxygen atoms in total. The van der Waals surface area contributed by atoms with Crippen molar-refractivity contribution in [2.75, 3.05) is 19.6 Å². The van der Waals surface area contributed by atoms with Gasteiger partial charge in [0.15, 0.2) is 0 Å². The zero-order valence-electron chi connectivity index (χ0n) is 12.3. The molecule has 2 rings (SSSR count). The summed E-state index contributed by atoms with van der Waals surface area (Å²) in [5.74, 6) is 0. The van der Waals surface area contributed by atoms with Gasteiger partial charge in [0, 0.05) is 19.6 Å². The van der Waals surface area contributed by atoms with Gasteiger partial charge < -0.3 is 5.11 Å². The second-order valence-corrected chi connectivity index (χ2v) is 8.03. The highest BCUT2D eigenvalue weighted by Crippen LogP contribution is 2.26. The molecule has 1 aliphatic heterocycles. The zero-order chi connectivity index (χ0) is 14.5. The van der Waals surface area contributed by atoms with Crippen molar-refractivity contribution >= 4 is 10.2 Å². The predicted molar refractivity (Wildman–Crippen MR) is 79.6 cm³/mol. The Labute approximate surface area is 122 Å². The van der Waals surface area contributed by atoms with Gasteiger partial charge in [0.2, 0.25) is 0 Å². The van der Waals surface area contributed by atoms with Crippen LogP contribution in [0.1, 0.15) is 64.2 Å². The van der Waals surface area contributed by atoms with E-state index in [4.69, 9.17) is 0 Å². The fourth-order valence-electron chi connectivity index (χ4n) is 3.16. The Kier molecular flexibility index (Phi) is 5.84. The van der Waals surface area contributed by atoms with Gasteiger partial charge >= 0.3 is 0 Å². The predicted octanol–water partition coefficient (Wildman–Crippen LogP) is 1.78. The fourth-order valence-corrected chi connectivity index (χ4v) is 4.53. The average Bonchev–Trinajstić information content (AvgIpc) is 2.80. The Hall–Kier alpha value is -0.170. The molecule has 2 N–H and O–H groups in total. The minimum Gasteiger partial charge on any atom is -0.389 e. The number of rotatable bonds is 4. The molecule has 0 aromatic rings. The van der Waals surface area contributed by atoms with Gasteiger partial charge in [-0.15, -0.1) is 0 Å². The van der Waals surface area contributed by atoms with Crippen LogP contribution >= 0.6 is 0 Å². The van der Waals surface area contributed by atoms with Gasteiger partial charge in [-0.1, -0.05) is 38.5 Å². The van der Waals surface area contributed by atoms with Crippen LogP contribution in [0, 0.1) is 0 Å². The van der Waals surface area contributed by atoms with Crippen LogP contribution in [0.3, 0.4) is 0 Å². The molecule has 0 radical (unpaired) electrons. The van der Waals surface area contributed by atoms with Crippen LogP contribution in [0.4, 0.5) is 0 Å². The Balaban J connectivity index is 1.90. The first-order chi connectivity index (χ1) is 9.52. The molecule has 0 unspecified atom stereocenters. The molecule has 1 heterocycles. The van der Waals surface area contributed by atoms with Crippen LogP contribution in [-0.4, -0.2) is 43.1 Å². The van der Waals surface area contributed by atoms with Crippen LogP contribution in [0.2, 0.25) is 0 Å². The van der Waals surface area contributed by atoms with Crippen molar-refractivity contribution in [1.29, 1.82) is 0 Å². The van der Waals surface area contributed by atoms with E-state index in [1.165, 1.54) is 0 Å². The van der Waals surface area contributed by atoms with Crippen LogP contribution in [0.5, 0.6) is 0 Å². The highest BCUT2D eigenvalue weighted by atomic mass is 32.2. The Morgan fingerprint density at radius 2 is 1.40 bits per heavy atom. The molecule has 0 bridgehead atoms. The molecular weight excluding hydrogens is 276 g/mol. The standard InChI is InChI=1S/C14H28N2O3S/c17-14(9-5-1-2-6-10-14)13-15-20(18,19)16-11-7-3-4-8-12-16/h15,17H,1-13H2. The first kappa shape index (κ1) is 16.2. The number of hydrogen-bond acceptors (Lipinski definition) is 3. The number of hydrogen-bond donors (Lipinski definition) is 2. The van der Waals surface area contributed by atoms with E-state index in [1.807, 2.05) is 0 Å². The van der Waals surface area contributed by atoms with Gasteiger partial charge in [-0.2, -0.15) is 17.4 Å². The van der Waals surface area contributed by atoms with Gasteiger partial charge in [0.1, 0.15) is 0 Å². The van der Waals surface area contributed by atoms with Gasteiger partial charge in [-0.25, -0.2) is 0 Å². The van der Waals surface area contributed by atoms with E-state index in [0.29, 0.717) is 25.9 Å². The Bertz CT molecular complexity index is 381. The highest BCUT2D eigenvalue weighted by Gasteiger charge is 2.31. The van der Waals surface area contributed by atoms with Crippen molar-refractivity contribution in [3.8, 4) is 0 Å². The second kappa shape index (κ2) is 7.20. The van der Waals surface area contributed by atoms with Crippen molar-refractivity contribution in [2.24, 2.45) is 0 Å². The Morgan fingerprint density at radius 3 is 1.95 bits per heavy atom. The quantitative estimate of drug-likeness (QED) is 0.778. The maximum atomic E-state index is 12.3. The first-order valence-corrected chi connectivity index (χ1v) is 9.43. The third-order valence-electron chi connectivity index (χ3n) is 4.52. The van der Waals surface area contributed by atoms with Crippen molar-refractivity contribution < 1.29 is 13.5 Å². The molecule has 1 saturated heterocycles. The van der Waals surface area contributed by atoms with Gasteiger partial charge in [-0.3, -0.25) is 0 Å². The van der Waals surface area contributed by atoms with Crippen molar-refractivity contribution in [2.45, 2.75) is 69.8 Å². The Morgan fingerprint density at radius 1 is 0.900 bits per heavy atom. The van der Waals surface area contributed by atoms with E-state index in [1.54, 1.807) is 4.31 Å². The largest absolute Gasteiger partial charge is 0.389 e. The molecule has 2 aliphatic rings. The summed E-state index contributed by atoms with van der Waals surface area (Å²) in [5.41, 5.74) is -0.852. The van der Waals surface area contributed by atoms with Gasteiger partial charge in [-0.05, 0) is 25.7 Å². The molecule has 1 saturated carbocycles. The maximum absolute atomic E-state index is 12.3. The van der Waals surface area contributed by atoms with E-state index in [-0.39, 0.29) is 6.54 Å². The minimum absolute atomic E-state index is 0.159. The lowest BCUT2D eigenvalue weighted by Gasteiger charge is -2.28. The van der Waals surface area contributed by atoms with Crippen molar-refractivity contribution in [1.82, 2.24) is 9.03 Å². The van der Waals surface area contributed by atoms with Crippen molar-refractivity contribution in [3.63, 3.8) is 0 Å². The molecule has 0 aromatic carbocycles. The van der Waals surface area contributed by atoms with E-state index < -0.39 is 15.8 Å². The van der Waals surface area contributed by atoms with E-state index in [9.17, 15) is 13.5 Å². The van der Waals surface area contributed by atoms with Gasteiger partial charge in [0.05, 0.1) is 5.60 Å². The smallest absolute Gasteiger partial charge is 0.279 e. The summed E-state index contributed by atoms with van der Waals surface area (Å²) >= 11 is 0. The van der Waals surface area contributed by atoms with Crippen LogP contribution in [0.15, 0.2) is 0 Å². The third-order valence-corrected chi connectivity index (χ3v) is 6.08. The maximum Gasteiger partial charge on any atom is 0.279 e. The molecule has 0 spiro atoms. The summed E-state index contributed by atoms with van der Waals surface area (Å²) < 4.78 is 28.8. The lowest BCUT2D eigenvalue weighted by Crippen LogP contribution is -2.48. The third kappa shape index (κ3) is 4.69. The summed E-state index contributed by atoms with van der Waals surface area (Å²) in [7, 11) is -3.43. The molecule has 1 aliphatic carbocycles. The van der Waals surface area contributed by atoms with E-state index in [0.717, 1.165) is 51.4 Å². The molecule has 2 fully saturated rings. The molecule has 6 heteroatoms. The van der Waals surface area contributed by atoms with Crippen LogP contribution < -0.4 is 4.72 Å². The summed E-state index contributed by atoms with van der Waals surface area (Å²) in [5, 5.41) is 10.5. The van der Waals surface area contributed by atoms with Gasteiger partial charge in [0.25, 0.3) is 10.2 Å². The fraction of sp³-hybridized carbons (Fsp3) is 1.00.